The first kappa shape index (κ1) is 16.5. The maximum absolute atomic E-state index is 12.2. The summed E-state index contributed by atoms with van der Waals surface area (Å²) in [7, 11) is -0.775. The van der Waals surface area contributed by atoms with E-state index >= 15 is 0 Å². The van der Waals surface area contributed by atoms with Crippen molar-refractivity contribution in [2.24, 2.45) is 0 Å². The molecule has 0 radical (unpaired) electrons. The van der Waals surface area contributed by atoms with Crippen LogP contribution < -0.4 is 10.5 Å². The van der Waals surface area contributed by atoms with E-state index in [1.807, 2.05) is 20.8 Å². The van der Waals surface area contributed by atoms with Gasteiger partial charge in [0.2, 0.25) is 5.91 Å². The van der Waals surface area contributed by atoms with Crippen molar-refractivity contribution in [3.05, 3.63) is 29.8 Å². The molecule has 1 amide bonds. The van der Waals surface area contributed by atoms with Gasteiger partial charge in [-0.15, -0.1) is 0 Å². The fourth-order valence-electron chi connectivity index (χ4n) is 1.84. The van der Waals surface area contributed by atoms with Crippen LogP contribution in [-0.2, 0) is 11.2 Å². The van der Waals surface area contributed by atoms with Gasteiger partial charge in [0.15, 0.2) is 0 Å². The lowest BCUT2D eigenvalue weighted by Gasteiger charge is -2.26. The van der Waals surface area contributed by atoms with Crippen LogP contribution >= 0.6 is 0 Å². The minimum Gasteiger partial charge on any atom is -0.508 e. The van der Waals surface area contributed by atoms with Crippen molar-refractivity contribution in [1.82, 2.24) is 10.5 Å². The normalized spacial score (nSPS) is 12.8. The van der Waals surface area contributed by atoms with Crippen molar-refractivity contribution < 1.29 is 14.9 Å². The van der Waals surface area contributed by atoms with Gasteiger partial charge in [0.1, 0.15) is 5.75 Å². The molecular formula is C14H23BN2O3. The third-order valence-corrected chi connectivity index (χ3v) is 2.63. The van der Waals surface area contributed by atoms with E-state index in [2.05, 4.69) is 10.5 Å². The summed E-state index contributed by atoms with van der Waals surface area (Å²) in [6.07, 6.45) is 0.438. The van der Waals surface area contributed by atoms with E-state index in [0.717, 1.165) is 5.56 Å². The Hall–Kier alpha value is -1.53. The summed E-state index contributed by atoms with van der Waals surface area (Å²) >= 11 is 0. The number of phenols is 1. The first-order valence-corrected chi connectivity index (χ1v) is 6.71. The van der Waals surface area contributed by atoms with Crippen LogP contribution in [0.1, 0.15) is 26.3 Å². The van der Waals surface area contributed by atoms with Crippen LogP contribution in [0, 0.1) is 0 Å². The highest BCUT2D eigenvalue weighted by molar-refractivity contribution is 6.46. The molecule has 0 saturated heterocycles. The minimum absolute atomic E-state index is 0.161. The summed E-state index contributed by atoms with van der Waals surface area (Å²) in [4.78, 5) is 12.2. The van der Waals surface area contributed by atoms with Crippen LogP contribution in [-0.4, -0.2) is 34.7 Å². The summed E-state index contributed by atoms with van der Waals surface area (Å²) in [6, 6.07) is 6.15. The number of phenolic OH excluding ortho intramolecular Hbond substituents is 1. The first-order valence-electron chi connectivity index (χ1n) is 6.71. The predicted octanol–water partition coefficient (Wildman–Crippen LogP) is 0.918. The number of amides is 1. The average Bonchev–Trinajstić information content (AvgIpc) is 2.28. The van der Waals surface area contributed by atoms with E-state index in [4.69, 9.17) is 0 Å². The Morgan fingerprint density at radius 1 is 1.30 bits per heavy atom. The monoisotopic (exact) mass is 278 g/mol. The third-order valence-electron chi connectivity index (χ3n) is 2.63. The van der Waals surface area contributed by atoms with Gasteiger partial charge in [-0.2, -0.15) is 0 Å². The second kappa shape index (κ2) is 6.77. The molecule has 0 aliphatic heterocycles. The summed E-state index contributed by atoms with van der Waals surface area (Å²) in [5.41, 5.74) is 0.579. The number of aromatic hydroxyl groups is 1. The lowest BCUT2D eigenvalue weighted by atomic mass is 9.85. The van der Waals surface area contributed by atoms with Crippen LogP contribution in [0.4, 0.5) is 0 Å². The molecule has 0 bridgehead atoms. The smallest absolute Gasteiger partial charge is 0.374 e. The van der Waals surface area contributed by atoms with Gasteiger partial charge in [-0.3, -0.25) is 4.79 Å². The van der Waals surface area contributed by atoms with Gasteiger partial charge in [-0.05, 0) is 51.7 Å². The van der Waals surface area contributed by atoms with Gasteiger partial charge in [-0.1, -0.05) is 12.1 Å². The van der Waals surface area contributed by atoms with Crippen LogP contribution in [0.2, 0.25) is 6.82 Å². The van der Waals surface area contributed by atoms with Crippen molar-refractivity contribution in [3.63, 3.8) is 0 Å². The number of hydrogen-bond donors (Lipinski definition) is 4. The summed E-state index contributed by atoms with van der Waals surface area (Å²) < 4.78 is 0. The van der Waals surface area contributed by atoms with E-state index in [1.54, 1.807) is 31.1 Å². The Balaban J connectivity index is 2.78. The Labute approximate surface area is 120 Å². The predicted molar refractivity (Wildman–Crippen MR) is 80.5 cm³/mol. The molecule has 110 valence electrons. The fraction of sp³-hybridized carbons (Fsp3) is 0.500. The summed E-state index contributed by atoms with van der Waals surface area (Å²) in [5, 5.41) is 24.5. The molecule has 1 aromatic carbocycles. The topological polar surface area (TPSA) is 81.6 Å². The molecule has 0 heterocycles. The van der Waals surface area contributed by atoms with Gasteiger partial charge in [0.05, 0.1) is 6.04 Å². The highest BCUT2D eigenvalue weighted by atomic mass is 16.3. The molecule has 4 N–H and O–H groups in total. The minimum atomic E-state index is -0.775. The zero-order valence-electron chi connectivity index (χ0n) is 12.5. The molecule has 1 aromatic rings. The Morgan fingerprint density at radius 3 is 2.30 bits per heavy atom. The zero-order valence-corrected chi connectivity index (χ0v) is 12.5. The molecule has 1 rings (SSSR count). The summed E-state index contributed by atoms with van der Waals surface area (Å²) in [6.45, 7) is 7.30. The van der Waals surface area contributed by atoms with Crippen molar-refractivity contribution in [1.29, 1.82) is 0 Å². The Bertz CT molecular complexity index is 441. The maximum Gasteiger partial charge on any atom is 0.374 e. The first-order chi connectivity index (χ1) is 9.17. The lowest BCUT2D eigenvalue weighted by molar-refractivity contribution is -0.124. The SMILES string of the molecule is CB(O)NC(Cc1ccc(O)cc1)C(=O)NC(C)(C)C. The number of rotatable bonds is 5. The van der Waals surface area contributed by atoms with E-state index in [0.29, 0.717) is 6.42 Å². The van der Waals surface area contributed by atoms with Gasteiger partial charge in [0.25, 0.3) is 0 Å². The summed E-state index contributed by atoms with van der Waals surface area (Å²) in [5.74, 6) is 0.0272. The van der Waals surface area contributed by atoms with Crippen LogP contribution in [0.3, 0.4) is 0 Å². The van der Waals surface area contributed by atoms with E-state index in [1.165, 1.54) is 0 Å². The highest BCUT2D eigenvalue weighted by Crippen LogP contribution is 2.12. The quantitative estimate of drug-likeness (QED) is 0.604. The molecular weight excluding hydrogens is 255 g/mol. The van der Waals surface area contributed by atoms with Gasteiger partial charge in [0, 0.05) is 5.54 Å². The van der Waals surface area contributed by atoms with E-state index in [-0.39, 0.29) is 17.2 Å². The molecule has 1 unspecified atom stereocenters. The number of nitrogens with one attached hydrogen (secondary N) is 2. The highest BCUT2D eigenvalue weighted by Gasteiger charge is 2.24. The molecule has 20 heavy (non-hydrogen) atoms. The molecule has 0 saturated carbocycles. The number of benzene rings is 1. The molecule has 0 fully saturated rings. The van der Waals surface area contributed by atoms with Crippen molar-refractivity contribution in [2.75, 3.05) is 0 Å². The fourth-order valence-corrected chi connectivity index (χ4v) is 1.84. The standard InChI is InChI=1S/C14H23BN2O3/c1-14(2,3)16-13(19)12(17-15(4)20)9-10-5-7-11(18)8-6-10/h5-8,12,17-18,20H,9H2,1-4H3,(H,16,19). The molecule has 0 aromatic heterocycles. The van der Waals surface area contributed by atoms with Crippen molar-refractivity contribution in [3.8, 4) is 5.75 Å². The molecule has 5 nitrogen and oxygen atoms in total. The molecule has 0 aliphatic carbocycles. The largest absolute Gasteiger partial charge is 0.508 e. The third kappa shape index (κ3) is 6.08. The van der Waals surface area contributed by atoms with Crippen LogP contribution in [0.15, 0.2) is 24.3 Å². The molecule has 1 atom stereocenters. The molecule has 6 heteroatoms. The van der Waals surface area contributed by atoms with Crippen LogP contribution in [0.25, 0.3) is 0 Å². The Morgan fingerprint density at radius 2 is 1.85 bits per heavy atom. The number of hydrogen-bond acceptors (Lipinski definition) is 4. The zero-order chi connectivity index (χ0) is 15.3. The number of carbonyl (C=O) groups excluding carboxylic acids is 1. The van der Waals surface area contributed by atoms with E-state index < -0.39 is 13.1 Å². The van der Waals surface area contributed by atoms with Crippen LogP contribution in [0.5, 0.6) is 5.75 Å². The second-order valence-corrected chi connectivity index (χ2v) is 6.01. The maximum atomic E-state index is 12.2. The van der Waals surface area contributed by atoms with Gasteiger partial charge < -0.3 is 20.7 Å². The average molecular weight is 278 g/mol. The van der Waals surface area contributed by atoms with Gasteiger partial charge in [-0.25, -0.2) is 0 Å². The second-order valence-electron chi connectivity index (χ2n) is 6.01. The number of carbonyl (C=O) groups is 1. The van der Waals surface area contributed by atoms with Crippen molar-refractivity contribution >= 4 is 13.0 Å². The van der Waals surface area contributed by atoms with E-state index in [9.17, 15) is 14.9 Å². The molecule has 0 spiro atoms. The Kier molecular flexibility index (Phi) is 5.59. The molecule has 0 aliphatic rings. The lowest BCUT2D eigenvalue weighted by Crippen LogP contribution is -2.54. The van der Waals surface area contributed by atoms with Gasteiger partial charge >= 0.3 is 7.05 Å². The van der Waals surface area contributed by atoms with Crippen molar-refractivity contribution in [2.45, 2.75) is 45.6 Å².